The van der Waals surface area contributed by atoms with Crippen LogP contribution in [0, 0.1) is 0 Å². The van der Waals surface area contributed by atoms with Crippen molar-refractivity contribution in [2.24, 2.45) is 0 Å². The second-order valence-corrected chi connectivity index (χ2v) is 5.80. The van der Waals surface area contributed by atoms with Gasteiger partial charge >= 0.3 is 0 Å². The van der Waals surface area contributed by atoms with E-state index in [-0.39, 0.29) is 12.4 Å². The normalized spacial score (nSPS) is 14.1. The number of aliphatic hydroxyl groups is 1. The average molecular weight is 289 g/mol. The van der Waals surface area contributed by atoms with Gasteiger partial charge in [-0.15, -0.1) is 6.58 Å². The Morgan fingerprint density at radius 1 is 1.44 bits per heavy atom. The van der Waals surface area contributed by atoms with Crippen molar-refractivity contribution in [3.63, 3.8) is 0 Å². The number of hydrogen-bond donors (Lipinski definition) is 1. The third-order valence-corrected chi connectivity index (χ3v) is 3.83. The maximum atomic E-state index is 11.8. The maximum Gasteiger partial charge on any atom is 0.0888 e. The molecule has 0 aliphatic carbocycles. The first-order valence-corrected chi connectivity index (χ1v) is 7.44. The lowest BCUT2D eigenvalue weighted by Gasteiger charge is -2.10. The second kappa shape index (κ2) is 8.43. The summed E-state index contributed by atoms with van der Waals surface area (Å²) >= 11 is 5.76. The molecule has 0 fully saturated rings. The lowest BCUT2D eigenvalue weighted by molar-refractivity contribution is 0.0620. The van der Waals surface area contributed by atoms with Crippen LogP contribution in [0.1, 0.15) is 5.56 Å². The van der Waals surface area contributed by atoms with Crippen LogP contribution in [0.5, 0.6) is 0 Å². The van der Waals surface area contributed by atoms with Gasteiger partial charge in [-0.2, -0.15) is 0 Å². The molecule has 1 rings (SSSR count). The van der Waals surface area contributed by atoms with E-state index in [1.807, 2.05) is 12.1 Å². The molecule has 5 heteroatoms. The zero-order chi connectivity index (χ0) is 13.4. The molecule has 0 saturated heterocycles. The summed E-state index contributed by atoms with van der Waals surface area (Å²) in [6, 6.07) is 7.19. The van der Waals surface area contributed by atoms with E-state index in [9.17, 15) is 9.32 Å². The van der Waals surface area contributed by atoms with Gasteiger partial charge in [-0.25, -0.2) is 0 Å². The summed E-state index contributed by atoms with van der Waals surface area (Å²) in [6.45, 7) is 4.07. The fourth-order valence-corrected chi connectivity index (χ4v) is 2.71. The highest BCUT2D eigenvalue weighted by Crippen LogP contribution is 2.11. The average Bonchev–Trinajstić information content (AvgIpc) is 2.32. The minimum Gasteiger partial charge on any atom is -0.390 e. The fraction of sp³-hybridized carbons (Fsp3) is 0.385. The summed E-state index contributed by atoms with van der Waals surface area (Å²) in [5, 5.41) is 10.2. The molecule has 0 amide bonds. The molecule has 0 saturated carbocycles. The molecule has 2 atom stereocenters. The number of hydrogen-bond acceptors (Lipinski definition) is 3. The zero-order valence-electron chi connectivity index (χ0n) is 10.0. The van der Waals surface area contributed by atoms with Crippen LogP contribution in [-0.4, -0.2) is 34.4 Å². The molecule has 0 aliphatic rings. The molecule has 100 valence electrons. The van der Waals surface area contributed by atoms with Gasteiger partial charge in [-0.05, 0) is 17.7 Å². The van der Waals surface area contributed by atoms with Gasteiger partial charge in [0, 0.05) is 21.6 Å². The Balaban J connectivity index is 2.32. The number of benzene rings is 1. The van der Waals surface area contributed by atoms with Crippen LogP contribution in [0.15, 0.2) is 36.9 Å². The third-order valence-electron chi connectivity index (χ3n) is 2.17. The van der Waals surface area contributed by atoms with Gasteiger partial charge in [0.2, 0.25) is 0 Å². The predicted molar refractivity (Wildman–Crippen MR) is 75.2 cm³/mol. The van der Waals surface area contributed by atoms with Crippen LogP contribution in [0.3, 0.4) is 0 Å². The number of aliphatic hydroxyl groups excluding tert-OH is 1. The van der Waals surface area contributed by atoms with Gasteiger partial charge in [0.25, 0.3) is 0 Å². The summed E-state index contributed by atoms with van der Waals surface area (Å²) in [7, 11) is -1.11. The number of rotatable bonds is 8. The smallest absolute Gasteiger partial charge is 0.0888 e. The molecule has 1 aromatic carbocycles. The van der Waals surface area contributed by atoms with Crippen molar-refractivity contribution in [2.75, 3.05) is 19.0 Å². The molecule has 0 aromatic heterocycles. The van der Waals surface area contributed by atoms with Crippen LogP contribution < -0.4 is 0 Å². The van der Waals surface area contributed by atoms with E-state index >= 15 is 0 Å². The highest BCUT2D eigenvalue weighted by Gasteiger charge is 2.10. The number of halogens is 1. The molecule has 3 nitrogen and oxygen atoms in total. The molecule has 0 spiro atoms. The van der Waals surface area contributed by atoms with Crippen molar-refractivity contribution in [3.8, 4) is 0 Å². The Bertz CT molecular complexity index is 392. The van der Waals surface area contributed by atoms with Crippen LogP contribution in [-0.2, 0) is 21.3 Å². The third kappa shape index (κ3) is 6.31. The summed E-state index contributed by atoms with van der Waals surface area (Å²) < 4.78 is 16.9. The fourth-order valence-electron chi connectivity index (χ4n) is 1.38. The quantitative estimate of drug-likeness (QED) is 0.589. The Morgan fingerprint density at radius 3 is 2.72 bits per heavy atom. The Hall–Kier alpha value is -0.680. The summed E-state index contributed by atoms with van der Waals surface area (Å²) in [5.41, 5.74) is 0.942. The summed E-state index contributed by atoms with van der Waals surface area (Å²) in [4.78, 5) is 0. The molecular formula is C13H17ClO3S. The van der Waals surface area contributed by atoms with Gasteiger partial charge in [0.05, 0.1) is 25.1 Å². The van der Waals surface area contributed by atoms with E-state index in [2.05, 4.69) is 6.58 Å². The largest absolute Gasteiger partial charge is 0.390 e. The van der Waals surface area contributed by atoms with Crippen molar-refractivity contribution in [3.05, 3.63) is 47.5 Å². The van der Waals surface area contributed by atoms with Crippen molar-refractivity contribution in [1.29, 1.82) is 0 Å². The SMILES string of the molecule is C=CCOCC(O)CS(=O)Cc1ccc(Cl)cc1. The standard InChI is InChI=1S/C13H17ClO3S/c1-2-7-17-8-13(15)10-18(16)9-11-3-5-12(14)6-4-11/h2-6,13,15H,1,7-10H2. The molecule has 18 heavy (non-hydrogen) atoms. The molecule has 0 bridgehead atoms. The monoisotopic (exact) mass is 288 g/mol. The van der Waals surface area contributed by atoms with Crippen LogP contribution in [0.4, 0.5) is 0 Å². The molecule has 0 radical (unpaired) electrons. The molecule has 1 aromatic rings. The van der Waals surface area contributed by atoms with Crippen molar-refractivity contribution < 1.29 is 14.1 Å². The van der Waals surface area contributed by atoms with E-state index in [1.165, 1.54) is 0 Å². The molecule has 2 unspecified atom stereocenters. The first kappa shape index (κ1) is 15.4. The highest BCUT2D eigenvalue weighted by molar-refractivity contribution is 7.84. The van der Waals surface area contributed by atoms with Crippen LogP contribution >= 0.6 is 11.6 Å². The van der Waals surface area contributed by atoms with Gasteiger partial charge in [0.15, 0.2) is 0 Å². The van der Waals surface area contributed by atoms with Gasteiger partial charge in [-0.3, -0.25) is 4.21 Å². The summed E-state index contributed by atoms with van der Waals surface area (Å²) in [5.74, 6) is 0.620. The molecule has 1 N–H and O–H groups in total. The first-order chi connectivity index (χ1) is 8.61. The minimum absolute atomic E-state index is 0.179. The predicted octanol–water partition coefficient (Wildman–Crippen LogP) is 2.15. The van der Waals surface area contributed by atoms with E-state index in [1.54, 1.807) is 18.2 Å². The first-order valence-electron chi connectivity index (χ1n) is 5.58. The van der Waals surface area contributed by atoms with Crippen LogP contribution in [0.25, 0.3) is 0 Å². The van der Waals surface area contributed by atoms with Crippen molar-refractivity contribution in [2.45, 2.75) is 11.9 Å². The van der Waals surface area contributed by atoms with E-state index < -0.39 is 16.9 Å². The highest BCUT2D eigenvalue weighted by atomic mass is 35.5. The van der Waals surface area contributed by atoms with E-state index in [0.717, 1.165) is 5.56 Å². The second-order valence-electron chi connectivity index (χ2n) is 3.86. The maximum absolute atomic E-state index is 11.8. The minimum atomic E-state index is -1.11. The van der Waals surface area contributed by atoms with Crippen molar-refractivity contribution in [1.82, 2.24) is 0 Å². The Morgan fingerprint density at radius 2 is 2.11 bits per heavy atom. The van der Waals surface area contributed by atoms with Gasteiger partial charge < -0.3 is 9.84 Å². The van der Waals surface area contributed by atoms with Crippen molar-refractivity contribution >= 4 is 22.4 Å². The molecule has 0 aliphatic heterocycles. The lowest BCUT2D eigenvalue weighted by atomic mass is 10.2. The van der Waals surface area contributed by atoms with Crippen LogP contribution in [0.2, 0.25) is 5.02 Å². The van der Waals surface area contributed by atoms with E-state index in [0.29, 0.717) is 17.4 Å². The van der Waals surface area contributed by atoms with E-state index in [4.69, 9.17) is 16.3 Å². The molecular weight excluding hydrogens is 272 g/mol. The lowest BCUT2D eigenvalue weighted by Crippen LogP contribution is -2.23. The molecule has 0 heterocycles. The van der Waals surface area contributed by atoms with Gasteiger partial charge in [0.1, 0.15) is 0 Å². The Labute approximate surface area is 115 Å². The topological polar surface area (TPSA) is 46.5 Å². The number of ether oxygens (including phenoxy) is 1. The summed E-state index contributed by atoms with van der Waals surface area (Å²) in [6.07, 6.45) is 0.898. The Kier molecular flexibility index (Phi) is 7.20. The zero-order valence-corrected chi connectivity index (χ0v) is 11.6. The van der Waals surface area contributed by atoms with Gasteiger partial charge in [-0.1, -0.05) is 29.8 Å².